The molecule has 132 valence electrons. The van der Waals surface area contributed by atoms with Gasteiger partial charge in [-0.05, 0) is 32.1 Å². The van der Waals surface area contributed by atoms with Crippen molar-refractivity contribution >= 4 is 5.91 Å². The Morgan fingerprint density at radius 1 is 1.21 bits per heavy atom. The molecule has 2 fully saturated rings. The number of rotatable bonds is 4. The SMILES string of the molecule is O=C1CC(CF)CN1C1CCN(Cc2noc3c2CCCC3)CC1. The van der Waals surface area contributed by atoms with Crippen molar-refractivity contribution < 1.29 is 13.7 Å². The van der Waals surface area contributed by atoms with Gasteiger partial charge in [-0.2, -0.15) is 0 Å². The predicted octanol–water partition coefficient (Wildman–Crippen LogP) is 2.34. The number of halogens is 1. The van der Waals surface area contributed by atoms with E-state index in [4.69, 9.17) is 4.52 Å². The zero-order valence-electron chi connectivity index (χ0n) is 14.2. The number of carbonyl (C=O) groups is 1. The molecule has 0 bridgehead atoms. The lowest BCUT2D eigenvalue weighted by Gasteiger charge is -2.36. The van der Waals surface area contributed by atoms with Crippen LogP contribution in [0.3, 0.4) is 0 Å². The summed E-state index contributed by atoms with van der Waals surface area (Å²) in [5.41, 5.74) is 2.45. The molecule has 3 heterocycles. The number of aromatic nitrogens is 1. The quantitative estimate of drug-likeness (QED) is 0.847. The van der Waals surface area contributed by atoms with Crippen LogP contribution in [0.25, 0.3) is 0 Å². The maximum atomic E-state index is 12.8. The van der Waals surface area contributed by atoms with Gasteiger partial charge in [0, 0.05) is 56.5 Å². The van der Waals surface area contributed by atoms with E-state index in [1.54, 1.807) is 0 Å². The van der Waals surface area contributed by atoms with E-state index in [9.17, 15) is 9.18 Å². The highest BCUT2D eigenvalue weighted by Gasteiger charge is 2.36. The van der Waals surface area contributed by atoms with Gasteiger partial charge < -0.3 is 9.42 Å². The fourth-order valence-electron chi connectivity index (χ4n) is 4.44. The molecular formula is C18H26FN3O2. The lowest BCUT2D eigenvalue weighted by molar-refractivity contribution is -0.130. The Morgan fingerprint density at radius 3 is 2.75 bits per heavy atom. The second-order valence-corrected chi connectivity index (χ2v) is 7.52. The number of hydrogen-bond donors (Lipinski definition) is 0. The summed E-state index contributed by atoms with van der Waals surface area (Å²) in [6, 6.07) is 0.288. The zero-order chi connectivity index (χ0) is 16.5. The molecule has 2 saturated heterocycles. The third-order valence-corrected chi connectivity index (χ3v) is 5.86. The van der Waals surface area contributed by atoms with Crippen LogP contribution in [-0.2, 0) is 24.2 Å². The van der Waals surface area contributed by atoms with Crippen LogP contribution in [0.2, 0.25) is 0 Å². The van der Waals surface area contributed by atoms with E-state index in [1.807, 2.05) is 4.90 Å². The Morgan fingerprint density at radius 2 is 2.00 bits per heavy atom. The summed E-state index contributed by atoms with van der Waals surface area (Å²) < 4.78 is 18.3. The molecule has 0 radical (unpaired) electrons. The number of nitrogens with zero attached hydrogens (tertiary/aromatic N) is 3. The molecule has 24 heavy (non-hydrogen) atoms. The molecule has 0 spiro atoms. The third kappa shape index (κ3) is 3.08. The number of hydrogen-bond acceptors (Lipinski definition) is 4. The molecule has 1 amide bonds. The minimum Gasteiger partial charge on any atom is -0.361 e. The van der Waals surface area contributed by atoms with E-state index in [0.717, 1.165) is 56.8 Å². The molecule has 3 aliphatic rings. The Balaban J connectivity index is 1.32. The summed E-state index contributed by atoms with van der Waals surface area (Å²) in [7, 11) is 0. The van der Waals surface area contributed by atoms with Crippen LogP contribution in [0.4, 0.5) is 4.39 Å². The van der Waals surface area contributed by atoms with E-state index < -0.39 is 0 Å². The molecule has 1 aromatic heterocycles. The van der Waals surface area contributed by atoms with Gasteiger partial charge in [0.15, 0.2) is 0 Å². The Bertz CT molecular complexity index is 595. The van der Waals surface area contributed by atoms with Crippen molar-refractivity contribution in [1.82, 2.24) is 15.0 Å². The van der Waals surface area contributed by atoms with Crippen LogP contribution < -0.4 is 0 Å². The number of carbonyl (C=O) groups excluding carboxylic acids is 1. The van der Waals surface area contributed by atoms with Crippen molar-refractivity contribution in [3.8, 4) is 0 Å². The summed E-state index contributed by atoms with van der Waals surface area (Å²) in [5, 5.41) is 4.30. The molecule has 4 rings (SSSR count). The predicted molar refractivity (Wildman–Crippen MR) is 87.2 cm³/mol. The Hall–Kier alpha value is -1.43. The summed E-state index contributed by atoms with van der Waals surface area (Å²) in [6.07, 6.45) is 6.90. The average molecular weight is 335 g/mol. The number of piperidine rings is 1. The Kier molecular flexibility index (Phi) is 4.57. The first kappa shape index (κ1) is 16.1. The van der Waals surface area contributed by atoms with E-state index >= 15 is 0 Å². The highest BCUT2D eigenvalue weighted by Crippen LogP contribution is 2.28. The van der Waals surface area contributed by atoms with Gasteiger partial charge in [-0.15, -0.1) is 0 Å². The van der Waals surface area contributed by atoms with Crippen LogP contribution in [0.5, 0.6) is 0 Å². The van der Waals surface area contributed by atoms with Crippen LogP contribution in [0.1, 0.15) is 49.1 Å². The molecule has 0 saturated carbocycles. The van der Waals surface area contributed by atoms with E-state index in [1.165, 1.54) is 18.4 Å². The Labute approximate surface area is 142 Å². The highest BCUT2D eigenvalue weighted by molar-refractivity contribution is 5.79. The van der Waals surface area contributed by atoms with Gasteiger partial charge in [0.1, 0.15) is 11.5 Å². The van der Waals surface area contributed by atoms with Gasteiger partial charge in [-0.25, -0.2) is 0 Å². The molecule has 2 aliphatic heterocycles. The first-order valence-corrected chi connectivity index (χ1v) is 9.28. The molecule has 1 unspecified atom stereocenters. The van der Waals surface area contributed by atoms with Crippen LogP contribution in [0.15, 0.2) is 4.52 Å². The minimum absolute atomic E-state index is 0.0859. The summed E-state index contributed by atoms with van der Waals surface area (Å²) in [5.74, 6) is 1.14. The summed E-state index contributed by atoms with van der Waals surface area (Å²) >= 11 is 0. The zero-order valence-corrected chi connectivity index (χ0v) is 14.2. The number of likely N-dealkylation sites (tertiary alicyclic amines) is 2. The number of aryl methyl sites for hydroxylation is 1. The number of amides is 1. The van der Waals surface area contributed by atoms with E-state index in [-0.39, 0.29) is 24.5 Å². The average Bonchev–Trinajstić information content (AvgIpc) is 3.19. The first-order valence-electron chi connectivity index (χ1n) is 9.28. The van der Waals surface area contributed by atoms with Crippen molar-refractivity contribution in [2.45, 2.75) is 57.5 Å². The maximum absolute atomic E-state index is 12.8. The molecule has 1 aromatic rings. The standard InChI is InChI=1S/C18H26FN3O2/c19-10-13-9-18(23)22(11-13)14-5-7-21(8-6-14)12-16-15-3-1-2-4-17(15)24-20-16/h13-14H,1-12H2. The normalized spacial score (nSPS) is 26.1. The lowest BCUT2D eigenvalue weighted by atomic mass is 9.96. The number of fused-ring (bicyclic) bond motifs is 1. The van der Waals surface area contributed by atoms with Gasteiger partial charge in [-0.1, -0.05) is 5.16 Å². The molecule has 1 aliphatic carbocycles. The van der Waals surface area contributed by atoms with Crippen molar-refractivity contribution in [3.63, 3.8) is 0 Å². The topological polar surface area (TPSA) is 49.6 Å². The molecule has 6 heteroatoms. The minimum atomic E-state index is -0.377. The fraction of sp³-hybridized carbons (Fsp3) is 0.778. The van der Waals surface area contributed by atoms with Crippen LogP contribution >= 0.6 is 0 Å². The van der Waals surface area contributed by atoms with Crippen molar-refractivity contribution in [2.75, 3.05) is 26.3 Å². The molecule has 0 aromatic carbocycles. The van der Waals surface area contributed by atoms with Gasteiger partial charge >= 0.3 is 0 Å². The molecule has 0 N–H and O–H groups in total. The van der Waals surface area contributed by atoms with Crippen LogP contribution in [0, 0.1) is 5.92 Å². The smallest absolute Gasteiger partial charge is 0.223 e. The lowest BCUT2D eigenvalue weighted by Crippen LogP contribution is -2.45. The van der Waals surface area contributed by atoms with Gasteiger partial charge in [-0.3, -0.25) is 14.1 Å². The summed E-state index contributed by atoms with van der Waals surface area (Å²) in [4.78, 5) is 16.4. The van der Waals surface area contributed by atoms with Gasteiger partial charge in [0.25, 0.3) is 0 Å². The number of alkyl halides is 1. The van der Waals surface area contributed by atoms with Gasteiger partial charge in [0.05, 0.1) is 6.67 Å². The van der Waals surface area contributed by atoms with Gasteiger partial charge in [0.2, 0.25) is 5.91 Å². The van der Waals surface area contributed by atoms with Crippen LogP contribution in [-0.4, -0.2) is 53.2 Å². The largest absolute Gasteiger partial charge is 0.361 e. The molecular weight excluding hydrogens is 309 g/mol. The van der Waals surface area contributed by atoms with E-state index in [0.29, 0.717) is 13.0 Å². The van der Waals surface area contributed by atoms with Crippen molar-refractivity contribution in [3.05, 3.63) is 17.0 Å². The van der Waals surface area contributed by atoms with Crippen molar-refractivity contribution in [1.29, 1.82) is 0 Å². The highest BCUT2D eigenvalue weighted by atomic mass is 19.1. The second kappa shape index (κ2) is 6.82. The molecule has 5 nitrogen and oxygen atoms in total. The molecule has 1 atom stereocenters. The fourth-order valence-corrected chi connectivity index (χ4v) is 4.44. The monoisotopic (exact) mass is 335 g/mol. The summed E-state index contributed by atoms with van der Waals surface area (Å²) in [6.45, 7) is 3.02. The van der Waals surface area contributed by atoms with Crippen molar-refractivity contribution in [2.24, 2.45) is 5.92 Å². The first-order chi connectivity index (χ1) is 11.7. The third-order valence-electron chi connectivity index (χ3n) is 5.86. The van der Waals surface area contributed by atoms with E-state index in [2.05, 4.69) is 10.1 Å². The maximum Gasteiger partial charge on any atom is 0.223 e. The second-order valence-electron chi connectivity index (χ2n) is 7.52.